The van der Waals surface area contributed by atoms with Crippen LogP contribution >= 0.6 is 0 Å². The van der Waals surface area contributed by atoms with Crippen molar-refractivity contribution < 1.29 is 19.7 Å². The molecule has 0 saturated carbocycles. The molecule has 28 heavy (non-hydrogen) atoms. The minimum Gasteiger partial charge on any atom is -0.507 e. The highest BCUT2D eigenvalue weighted by Crippen LogP contribution is 2.35. The maximum absolute atomic E-state index is 11.0. The van der Waals surface area contributed by atoms with Gasteiger partial charge in [0.1, 0.15) is 29.4 Å². The third-order valence-electron chi connectivity index (χ3n) is 4.49. The monoisotopic (exact) mass is 377 g/mol. The van der Waals surface area contributed by atoms with Crippen molar-refractivity contribution in [1.29, 1.82) is 0 Å². The fourth-order valence-electron chi connectivity index (χ4n) is 2.99. The van der Waals surface area contributed by atoms with Gasteiger partial charge in [0.25, 0.3) is 0 Å². The number of aliphatic imine (C=N–C) groups is 1. The van der Waals surface area contributed by atoms with Gasteiger partial charge in [-0.2, -0.15) is 0 Å². The molecule has 144 valence electrons. The van der Waals surface area contributed by atoms with Crippen LogP contribution in [-0.4, -0.2) is 30.6 Å². The number of aliphatic hydroxyl groups excluding tert-OH is 1. The van der Waals surface area contributed by atoms with Gasteiger partial charge in [-0.15, -0.1) is 0 Å². The lowest BCUT2D eigenvalue weighted by Crippen LogP contribution is -2.09. The Balaban J connectivity index is 2.01. The number of ether oxygens (including phenoxy) is 2. The lowest BCUT2D eigenvalue weighted by molar-refractivity contribution is 0.148. The summed E-state index contributed by atoms with van der Waals surface area (Å²) < 4.78 is 10.5. The molecule has 2 atom stereocenters. The number of hydrogen-bond donors (Lipinski definition) is 2. The first-order valence-corrected chi connectivity index (χ1v) is 8.90. The second-order valence-corrected chi connectivity index (χ2v) is 6.25. The molecule has 0 spiro atoms. The van der Waals surface area contributed by atoms with Crippen LogP contribution in [0.25, 0.3) is 0 Å². The van der Waals surface area contributed by atoms with E-state index in [1.165, 1.54) is 26.5 Å². The number of nitrogens with zero attached hydrogens (tertiary/aromatic N) is 1. The van der Waals surface area contributed by atoms with E-state index in [4.69, 9.17) is 9.47 Å². The third-order valence-corrected chi connectivity index (χ3v) is 4.49. The van der Waals surface area contributed by atoms with Crippen LogP contribution in [0.5, 0.6) is 17.2 Å². The Morgan fingerprint density at radius 1 is 0.857 bits per heavy atom. The standard InChI is InChI=1S/C23H23NO4/c1-27-18-13-20(25)19(21(14-18)28-2)15-24-22(16-9-5-3-6-10-16)23(26)17-11-7-4-8-12-17/h3-15,22-23,25-26H,1-2H3/t22-,23+/m1/s1. The van der Waals surface area contributed by atoms with Crippen molar-refractivity contribution in [2.45, 2.75) is 12.1 Å². The number of phenols is 1. The summed E-state index contributed by atoms with van der Waals surface area (Å²) >= 11 is 0. The second-order valence-electron chi connectivity index (χ2n) is 6.25. The van der Waals surface area contributed by atoms with E-state index in [0.29, 0.717) is 17.1 Å². The average molecular weight is 377 g/mol. The Kier molecular flexibility index (Phi) is 6.29. The molecular formula is C23H23NO4. The lowest BCUT2D eigenvalue weighted by atomic mass is 9.96. The number of aliphatic hydroxyl groups is 1. The summed E-state index contributed by atoms with van der Waals surface area (Å²) in [6, 6.07) is 21.6. The van der Waals surface area contributed by atoms with Crippen LogP contribution in [0, 0.1) is 0 Å². The summed E-state index contributed by atoms with van der Waals surface area (Å²) in [7, 11) is 3.03. The van der Waals surface area contributed by atoms with Gasteiger partial charge in [0.2, 0.25) is 0 Å². The molecule has 0 bridgehead atoms. The fourth-order valence-corrected chi connectivity index (χ4v) is 2.99. The number of hydrogen-bond acceptors (Lipinski definition) is 5. The van der Waals surface area contributed by atoms with E-state index < -0.39 is 12.1 Å². The molecule has 0 aliphatic carbocycles. The maximum Gasteiger partial charge on any atom is 0.135 e. The van der Waals surface area contributed by atoms with E-state index in [2.05, 4.69) is 4.99 Å². The maximum atomic E-state index is 11.0. The first-order chi connectivity index (χ1) is 13.6. The molecule has 5 nitrogen and oxygen atoms in total. The summed E-state index contributed by atoms with van der Waals surface area (Å²) in [5.41, 5.74) is 2.05. The first kappa shape index (κ1) is 19.5. The number of aromatic hydroxyl groups is 1. The van der Waals surface area contributed by atoms with Crippen molar-refractivity contribution in [3.63, 3.8) is 0 Å². The fraction of sp³-hybridized carbons (Fsp3) is 0.174. The van der Waals surface area contributed by atoms with Crippen molar-refractivity contribution in [2.75, 3.05) is 14.2 Å². The van der Waals surface area contributed by atoms with E-state index >= 15 is 0 Å². The Morgan fingerprint density at radius 3 is 2.04 bits per heavy atom. The molecule has 5 heteroatoms. The summed E-state index contributed by atoms with van der Waals surface area (Å²) in [4.78, 5) is 4.61. The number of benzene rings is 3. The highest BCUT2D eigenvalue weighted by molar-refractivity contribution is 5.88. The van der Waals surface area contributed by atoms with E-state index in [0.717, 1.165) is 11.1 Å². The second kappa shape index (κ2) is 9.06. The van der Waals surface area contributed by atoms with Crippen molar-refractivity contribution >= 4 is 6.21 Å². The zero-order valence-corrected chi connectivity index (χ0v) is 15.8. The Bertz CT molecular complexity index is 926. The molecule has 0 unspecified atom stereocenters. The topological polar surface area (TPSA) is 71.3 Å². The van der Waals surface area contributed by atoms with Gasteiger partial charge in [0.05, 0.1) is 19.8 Å². The minimum atomic E-state index is -0.841. The smallest absolute Gasteiger partial charge is 0.135 e. The van der Waals surface area contributed by atoms with Crippen LogP contribution in [0.15, 0.2) is 77.8 Å². The molecule has 3 rings (SSSR count). The Morgan fingerprint density at radius 2 is 1.46 bits per heavy atom. The molecule has 0 amide bonds. The van der Waals surface area contributed by atoms with Gasteiger partial charge in [-0.3, -0.25) is 4.99 Å². The molecule has 3 aromatic rings. The zero-order valence-electron chi connectivity index (χ0n) is 15.8. The van der Waals surface area contributed by atoms with Crippen molar-refractivity contribution in [3.05, 3.63) is 89.5 Å². The summed E-state index contributed by atoms with van der Waals surface area (Å²) in [5, 5.41) is 21.3. The van der Waals surface area contributed by atoms with Crippen LogP contribution in [0.4, 0.5) is 0 Å². The summed E-state index contributed by atoms with van der Waals surface area (Å²) in [5.74, 6) is 0.901. The van der Waals surface area contributed by atoms with E-state index in [-0.39, 0.29) is 5.75 Å². The Hall–Kier alpha value is -3.31. The van der Waals surface area contributed by atoms with Crippen LogP contribution in [0.2, 0.25) is 0 Å². The number of methoxy groups -OCH3 is 2. The van der Waals surface area contributed by atoms with Crippen LogP contribution < -0.4 is 9.47 Å². The van der Waals surface area contributed by atoms with Gasteiger partial charge in [0, 0.05) is 18.3 Å². The minimum absolute atomic E-state index is 0.0130. The van der Waals surface area contributed by atoms with Gasteiger partial charge in [-0.25, -0.2) is 0 Å². The van der Waals surface area contributed by atoms with Crippen molar-refractivity contribution in [3.8, 4) is 17.2 Å². The SMILES string of the molecule is COc1cc(O)c(C=N[C@H](c2ccccc2)[C@@H](O)c2ccccc2)c(OC)c1. The molecule has 3 aromatic carbocycles. The molecule has 0 aliphatic heterocycles. The molecule has 0 heterocycles. The first-order valence-electron chi connectivity index (χ1n) is 8.90. The highest BCUT2D eigenvalue weighted by Gasteiger charge is 2.22. The average Bonchev–Trinajstić information content (AvgIpc) is 2.75. The molecule has 0 aliphatic rings. The predicted molar refractivity (Wildman–Crippen MR) is 109 cm³/mol. The molecule has 0 saturated heterocycles. The predicted octanol–water partition coefficient (Wildman–Crippen LogP) is 4.30. The summed E-state index contributed by atoms with van der Waals surface area (Å²) in [6.07, 6.45) is 0.684. The number of rotatable bonds is 7. The molecular weight excluding hydrogens is 354 g/mol. The highest BCUT2D eigenvalue weighted by atomic mass is 16.5. The van der Waals surface area contributed by atoms with Crippen LogP contribution in [0.3, 0.4) is 0 Å². The van der Waals surface area contributed by atoms with E-state index in [1.807, 2.05) is 60.7 Å². The van der Waals surface area contributed by atoms with E-state index in [9.17, 15) is 10.2 Å². The van der Waals surface area contributed by atoms with Crippen molar-refractivity contribution in [2.24, 2.45) is 4.99 Å². The molecule has 0 radical (unpaired) electrons. The molecule has 0 fully saturated rings. The quantitative estimate of drug-likeness (QED) is 0.602. The van der Waals surface area contributed by atoms with Gasteiger partial charge in [0.15, 0.2) is 0 Å². The van der Waals surface area contributed by atoms with Gasteiger partial charge in [-0.1, -0.05) is 60.7 Å². The van der Waals surface area contributed by atoms with E-state index in [1.54, 1.807) is 6.07 Å². The Labute approximate surface area is 164 Å². The molecule has 0 aromatic heterocycles. The zero-order chi connectivity index (χ0) is 19.9. The summed E-state index contributed by atoms with van der Waals surface area (Å²) in [6.45, 7) is 0. The largest absolute Gasteiger partial charge is 0.507 e. The number of phenolic OH excluding ortho intramolecular Hbond substituents is 1. The van der Waals surface area contributed by atoms with Crippen LogP contribution in [0.1, 0.15) is 28.8 Å². The van der Waals surface area contributed by atoms with Gasteiger partial charge < -0.3 is 19.7 Å². The van der Waals surface area contributed by atoms with Gasteiger partial charge in [-0.05, 0) is 11.1 Å². The lowest BCUT2D eigenvalue weighted by Gasteiger charge is -2.20. The third kappa shape index (κ3) is 4.32. The van der Waals surface area contributed by atoms with Crippen LogP contribution in [-0.2, 0) is 0 Å². The van der Waals surface area contributed by atoms with Gasteiger partial charge >= 0.3 is 0 Å². The molecule has 2 N–H and O–H groups in total. The normalized spacial score (nSPS) is 13.2. The van der Waals surface area contributed by atoms with Crippen molar-refractivity contribution in [1.82, 2.24) is 0 Å².